The second-order valence-electron chi connectivity index (χ2n) is 6.99. The summed E-state index contributed by atoms with van der Waals surface area (Å²) in [4.78, 5) is 24.7. The van der Waals surface area contributed by atoms with Gasteiger partial charge in [0.05, 0.1) is 5.69 Å². The van der Waals surface area contributed by atoms with E-state index in [1.807, 2.05) is 75.4 Å². The van der Waals surface area contributed by atoms with E-state index < -0.39 is 5.97 Å². The van der Waals surface area contributed by atoms with Crippen molar-refractivity contribution < 1.29 is 14.3 Å². The largest absolute Gasteiger partial charge is 0.452 e. The third-order valence-electron chi connectivity index (χ3n) is 4.63. The summed E-state index contributed by atoms with van der Waals surface area (Å²) >= 11 is 0. The Morgan fingerprint density at radius 2 is 1.79 bits per heavy atom. The molecule has 0 aliphatic rings. The number of ether oxygens (including phenoxy) is 1. The van der Waals surface area contributed by atoms with Gasteiger partial charge in [0, 0.05) is 17.8 Å². The molecule has 1 heterocycles. The fourth-order valence-electron chi connectivity index (χ4n) is 2.79. The van der Waals surface area contributed by atoms with Crippen LogP contribution in [0.4, 0.5) is 0 Å². The first-order chi connectivity index (χ1) is 14.0. The number of esters is 1. The van der Waals surface area contributed by atoms with Gasteiger partial charge >= 0.3 is 5.97 Å². The summed E-state index contributed by atoms with van der Waals surface area (Å²) in [6, 6.07) is 17.3. The molecular formula is C23H25N3O3. The van der Waals surface area contributed by atoms with Gasteiger partial charge in [0.2, 0.25) is 0 Å². The van der Waals surface area contributed by atoms with Crippen molar-refractivity contribution in [3.63, 3.8) is 0 Å². The average molecular weight is 391 g/mol. The quantitative estimate of drug-likeness (QED) is 0.620. The minimum absolute atomic E-state index is 0.0325. The van der Waals surface area contributed by atoms with E-state index in [9.17, 15) is 9.59 Å². The summed E-state index contributed by atoms with van der Waals surface area (Å²) in [5, 5.41) is 7.39. The van der Waals surface area contributed by atoms with Crippen molar-refractivity contribution in [3.8, 4) is 16.9 Å². The molecule has 0 saturated heterocycles. The van der Waals surface area contributed by atoms with Gasteiger partial charge in [-0.3, -0.25) is 4.79 Å². The SMILES string of the molecule is CC[C@@H](C)NC(=O)COC(=O)c1cn(-c2ccccc2)nc1-c1ccc(C)cc1. The number of nitrogens with one attached hydrogen (secondary N) is 1. The average Bonchev–Trinajstić information content (AvgIpc) is 3.18. The molecule has 150 valence electrons. The molecule has 1 aromatic heterocycles. The summed E-state index contributed by atoms with van der Waals surface area (Å²) in [5.41, 5.74) is 3.58. The third kappa shape index (κ3) is 5.10. The zero-order chi connectivity index (χ0) is 20.8. The van der Waals surface area contributed by atoms with Crippen LogP contribution in [0, 0.1) is 6.92 Å². The van der Waals surface area contributed by atoms with E-state index in [1.165, 1.54) is 0 Å². The first-order valence-electron chi connectivity index (χ1n) is 9.66. The number of para-hydroxylation sites is 1. The monoisotopic (exact) mass is 391 g/mol. The first kappa shape index (κ1) is 20.3. The van der Waals surface area contributed by atoms with Crippen molar-refractivity contribution in [2.45, 2.75) is 33.2 Å². The minimum atomic E-state index is -0.581. The number of aromatic nitrogens is 2. The van der Waals surface area contributed by atoms with Crippen LogP contribution >= 0.6 is 0 Å². The molecule has 0 aliphatic heterocycles. The van der Waals surface area contributed by atoms with E-state index in [1.54, 1.807) is 10.9 Å². The molecule has 0 radical (unpaired) electrons. The Bertz CT molecular complexity index is 978. The highest BCUT2D eigenvalue weighted by molar-refractivity contribution is 5.97. The summed E-state index contributed by atoms with van der Waals surface area (Å²) in [5.74, 6) is -0.901. The highest BCUT2D eigenvalue weighted by Crippen LogP contribution is 2.25. The molecule has 0 spiro atoms. The summed E-state index contributed by atoms with van der Waals surface area (Å²) in [6.45, 7) is 5.55. The molecule has 2 aromatic carbocycles. The maximum atomic E-state index is 12.8. The van der Waals surface area contributed by atoms with Crippen molar-refractivity contribution in [1.82, 2.24) is 15.1 Å². The van der Waals surface area contributed by atoms with Crippen LogP contribution < -0.4 is 5.32 Å². The summed E-state index contributed by atoms with van der Waals surface area (Å²) in [6.07, 6.45) is 2.44. The number of carbonyl (C=O) groups excluding carboxylic acids is 2. The Morgan fingerprint density at radius 3 is 2.45 bits per heavy atom. The number of carbonyl (C=O) groups is 2. The molecule has 6 nitrogen and oxygen atoms in total. The van der Waals surface area contributed by atoms with Crippen LogP contribution in [-0.2, 0) is 9.53 Å². The van der Waals surface area contributed by atoms with Gasteiger partial charge in [0.25, 0.3) is 5.91 Å². The standard InChI is InChI=1S/C23H25N3O3/c1-4-17(3)24-21(27)15-29-23(28)20-14-26(19-8-6-5-7-9-19)25-22(20)18-12-10-16(2)11-13-18/h5-14,17H,4,15H2,1-3H3,(H,24,27)/t17-/m1/s1. The summed E-state index contributed by atoms with van der Waals surface area (Å²) in [7, 11) is 0. The van der Waals surface area contributed by atoms with Gasteiger partial charge in [-0.05, 0) is 32.4 Å². The van der Waals surface area contributed by atoms with Crippen molar-refractivity contribution in [2.24, 2.45) is 0 Å². The van der Waals surface area contributed by atoms with Crippen LogP contribution in [0.5, 0.6) is 0 Å². The molecule has 29 heavy (non-hydrogen) atoms. The molecular weight excluding hydrogens is 366 g/mol. The lowest BCUT2D eigenvalue weighted by molar-refractivity contribution is -0.124. The number of amides is 1. The van der Waals surface area contributed by atoms with E-state index in [-0.39, 0.29) is 18.6 Å². The third-order valence-corrected chi connectivity index (χ3v) is 4.63. The molecule has 1 amide bonds. The molecule has 0 aliphatic carbocycles. The minimum Gasteiger partial charge on any atom is -0.452 e. The van der Waals surface area contributed by atoms with Gasteiger partial charge in [0.15, 0.2) is 6.61 Å². The Balaban J connectivity index is 1.87. The van der Waals surface area contributed by atoms with Gasteiger partial charge in [-0.1, -0.05) is 55.0 Å². The smallest absolute Gasteiger partial charge is 0.342 e. The van der Waals surface area contributed by atoms with Crippen molar-refractivity contribution in [3.05, 3.63) is 71.9 Å². The Labute approximate surface area is 170 Å². The van der Waals surface area contributed by atoms with Crippen LogP contribution in [0.1, 0.15) is 36.2 Å². The lowest BCUT2D eigenvalue weighted by Gasteiger charge is -2.11. The molecule has 6 heteroatoms. The fourth-order valence-corrected chi connectivity index (χ4v) is 2.79. The molecule has 0 bridgehead atoms. The number of hydrogen-bond acceptors (Lipinski definition) is 4. The zero-order valence-electron chi connectivity index (χ0n) is 16.9. The van der Waals surface area contributed by atoms with Crippen LogP contribution in [0.25, 0.3) is 16.9 Å². The van der Waals surface area contributed by atoms with Crippen LogP contribution in [0.2, 0.25) is 0 Å². The second-order valence-corrected chi connectivity index (χ2v) is 6.99. The molecule has 3 aromatic rings. The molecule has 0 saturated carbocycles. The molecule has 1 atom stereocenters. The van der Waals surface area contributed by atoms with E-state index in [4.69, 9.17) is 4.74 Å². The second kappa shape index (κ2) is 9.19. The Kier molecular flexibility index (Phi) is 6.44. The van der Waals surface area contributed by atoms with Gasteiger partial charge < -0.3 is 10.1 Å². The van der Waals surface area contributed by atoms with Gasteiger partial charge in [-0.15, -0.1) is 0 Å². The van der Waals surface area contributed by atoms with Crippen LogP contribution in [0.3, 0.4) is 0 Å². The molecule has 0 unspecified atom stereocenters. The van der Waals surface area contributed by atoms with E-state index in [0.717, 1.165) is 23.2 Å². The van der Waals surface area contributed by atoms with Gasteiger partial charge in [-0.25, -0.2) is 9.48 Å². The first-order valence-corrected chi connectivity index (χ1v) is 9.66. The van der Waals surface area contributed by atoms with Crippen molar-refractivity contribution in [2.75, 3.05) is 6.61 Å². The lowest BCUT2D eigenvalue weighted by Crippen LogP contribution is -2.35. The number of aryl methyl sites for hydroxylation is 1. The zero-order valence-corrected chi connectivity index (χ0v) is 16.9. The van der Waals surface area contributed by atoms with E-state index >= 15 is 0 Å². The van der Waals surface area contributed by atoms with Crippen LogP contribution in [0.15, 0.2) is 60.8 Å². The lowest BCUT2D eigenvalue weighted by atomic mass is 10.1. The number of hydrogen-bond donors (Lipinski definition) is 1. The maximum Gasteiger partial charge on any atom is 0.342 e. The highest BCUT2D eigenvalue weighted by atomic mass is 16.5. The number of nitrogens with zero attached hydrogens (tertiary/aromatic N) is 2. The van der Waals surface area contributed by atoms with Crippen molar-refractivity contribution >= 4 is 11.9 Å². The van der Waals surface area contributed by atoms with E-state index in [0.29, 0.717) is 11.3 Å². The topological polar surface area (TPSA) is 73.2 Å². The highest BCUT2D eigenvalue weighted by Gasteiger charge is 2.21. The predicted molar refractivity (Wildman–Crippen MR) is 112 cm³/mol. The fraction of sp³-hybridized carbons (Fsp3) is 0.261. The Morgan fingerprint density at radius 1 is 1.10 bits per heavy atom. The number of benzene rings is 2. The normalized spacial score (nSPS) is 11.7. The molecule has 1 N–H and O–H groups in total. The van der Waals surface area contributed by atoms with Gasteiger partial charge in [0.1, 0.15) is 11.3 Å². The molecule has 3 rings (SSSR count). The van der Waals surface area contributed by atoms with E-state index in [2.05, 4.69) is 10.4 Å². The predicted octanol–water partition coefficient (Wildman–Crippen LogP) is 3.92. The molecule has 0 fully saturated rings. The summed E-state index contributed by atoms with van der Waals surface area (Å²) < 4.78 is 6.91. The maximum absolute atomic E-state index is 12.8. The van der Waals surface area contributed by atoms with Crippen molar-refractivity contribution in [1.29, 1.82) is 0 Å². The van der Waals surface area contributed by atoms with Crippen LogP contribution in [-0.4, -0.2) is 34.3 Å². The Hall–Kier alpha value is -3.41. The number of rotatable bonds is 7. The van der Waals surface area contributed by atoms with Gasteiger partial charge in [-0.2, -0.15) is 5.10 Å².